The fourth-order valence-corrected chi connectivity index (χ4v) is 3.38. The van der Waals surface area contributed by atoms with E-state index in [1.807, 2.05) is 24.3 Å². The Morgan fingerprint density at radius 1 is 1.21 bits per heavy atom. The number of oxazole rings is 1. The topological polar surface area (TPSA) is 91.4 Å². The molecule has 0 saturated heterocycles. The molecule has 0 spiro atoms. The first-order valence-electron chi connectivity index (χ1n) is 7.84. The molecule has 1 aliphatic carbocycles. The highest BCUT2D eigenvalue weighted by Crippen LogP contribution is 2.41. The Bertz CT molecular complexity index is 917. The van der Waals surface area contributed by atoms with Crippen molar-refractivity contribution < 1.29 is 4.42 Å². The van der Waals surface area contributed by atoms with Crippen molar-refractivity contribution in [1.82, 2.24) is 20.4 Å². The molecule has 0 bridgehead atoms. The third-order valence-electron chi connectivity index (χ3n) is 4.33. The second-order valence-corrected chi connectivity index (χ2v) is 6.29. The molecule has 1 aromatic carbocycles. The van der Waals surface area contributed by atoms with E-state index in [9.17, 15) is 5.26 Å². The Morgan fingerprint density at radius 2 is 2.04 bits per heavy atom. The fourth-order valence-electron chi connectivity index (χ4n) is 3.19. The van der Waals surface area contributed by atoms with Crippen molar-refractivity contribution in [2.24, 2.45) is 0 Å². The molecular formula is C17H14ClN5O. The van der Waals surface area contributed by atoms with Crippen molar-refractivity contribution in [3.05, 3.63) is 40.7 Å². The smallest absolute Gasteiger partial charge is 0.226 e. The first-order valence-corrected chi connectivity index (χ1v) is 8.22. The van der Waals surface area contributed by atoms with Crippen LogP contribution in [0, 0.1) is 11.3 Å². The van der Waals surface area contributed by atoms with Crippen molar-refractivity contribution in [2.45, 2.75) is 31.6 Å². The lowest BCUT2D eigenvalue weighted by Gasteiger charge is -2.05. The van der Waals surface area contributed by atoms with E-state index in [1.165, 1.54) is 12.8 Å². The van der Waals surface area contributed by atoms with E-state index in [1.54, 1.807) is 6.07 Å². The maximum atomic E-state index is 9.24. The highest BCUT2D eigenvalue weighted by molar-refractivity contribution is 6.30. The van der Waals surface area contributed by atoms with Crippen LogP contribution in [-0.2, 0) is 0 Å². The summed E-state index contributed by atoms with van der Waals surface area (Å²) in [7, 11) is 0. The van der Waals surface area contributed by atoms with Crippen molar-refractivity contribution in [2.75, 3.05) is 0 Å². The summed E-state index contributed by atoms with van der Waals surface area (Å²) in [6.07, 6.45) is 4.44. The first kappa shape index (κ1) is 14.9. The van der Waals surface area contributed by atoms with Crippen LogP contribution in [0.1, 0.15) is 43.1 Å². The molecule has 6 nitrogen and oxygen atoms in total. The van der Waals surface area contributed by atoms with Crippen molar-refractivity contribution >= 4 is 11.6 Å². The Hall–Kier alpha value is -2.65. The molecule has 4 rings (SSSR count). The lowest BCUT2D eigenvalue weighted by atomic mass is 10.0. The van der Waals surface area contributed by atoms with E-state index in [0.29, 0.717) is 28.2 Å². The van der Waals surface area contributed by atoms with Gasteiger partial charge in [-0.1, -0.05) is 30.5 Å². The number of H-pyrrole nitrogens is 1. The normalized spacial score (nSPS) is 14.8. The second kappa shape index (κ2) is 6.10. The van der Waals surface area contributed by atoms with Crippen LogP contribution >= 0.6 is 11.6 Å². The van der Waals surface area contributed by atoms with Gasteiger partial charge in [0.25, 0.3) is 0 Å². The minimum atomic E-state index is 0.222. The van der Waals surface area contributed by atoms with Crippen LogP contribution < -0.4 is 0 Å². The van der Waals surface area contributed by atoms with E-state index >= 15 is 0 Å². The molecule has 0 atom stereocenters. The third kappa shape index (κ3) is 2.57. The summed E-state index contributed by atoms with van der Waals surface area (Å²) < 4.78 is 6.10. The molecule has 24 heavy (non-hydrogen) atoms. The standard InChI is InChI=1S/C17H14ClN5O/c18-12-7-3-6-11(8-12)17-20-15(14-13(9-19)21-23-22-14)16(24-17)10-4-1-2-5-10/h3,6-8,10H,1-2,4-5H2,(H,21,22,23). The van der Waals surface area contributed by atoms with Gasteiger partial charge in [-0.3, -0.25) is 0 Å². The van der Waals surface area contributed by atoms with Gasteiger partial charge < -0.3 is 4.42 Å². The van der Waals surface area contributed by atoms with Crippen molar-refractivity contribution in [3.63, 3.8) is 0 Å². The Morgan fingerprint density at radius 3 is 2.79 bits per heavy atom. The predicted molar refractivity (Wildman–Crippen MR) is 88.2 cm³/mol. The molecule has 0 radical (unpaired) electrons. The Kier molecular flexibility index (Phi) is 3.79. The average Bonchev–Trinajstić information content (AvgIpc) is 3.33. The lowest BCUT2D eigenvalue weighted by Crippen LogP contribution is -1.94. The molecule has 1 aliphatic rings. The predicted octanol–water partition coefficient (Wildman–Crippen LogP) is 4.31. The number of nitriles is 1. The number of aromatic nitrogens is 4. The molecule has 2 aromatic heterocycles. The highest BCUT2D eigenvalue weighted by Gasteiger charge is 2.29. The molecule has 1 fully saturated rings. The number of benzene rings is 1. The highest BCUT2D eigenvalue weighted by atomic mass is 35.5. The van der Waals surface area contributed by atoms with Gasteiger partial charge in [0, 0.05) is 16.5 Å². The van der Waals surface area contributed by atoms with E-state index in [2.05, 4.69) is 20.4 Å². The fraction of sp³-hybridized carbons (Fsp3) is 0.294. The molecule has 120 valence electrons. The van der Waals surface area contributed by atoms with Crippen LogP contribution in [-0.4, -0.2) is 20.4 Å². The zero-order valence-electron chi connectivity index (χ0n) is 12.8. The van der Waals surface area contributed by atoms with Gasteiger partial charge in [0.1, 0.15) is 17.5 Å². The Balaban J connectivity index is 1.86. The van der Waals surface area contributed by atoms with Crippen LogP contribution in [0.4, 0.5) is 0 Å². The third-order valence-corrected chi connectivity index (χ3v) is 4.56. The number of hydrogen-bond donors (Lipinski definition) is 1. The molecule has 7 heteroatoms. The van der Waals surface area contributed by atoms with Gasteiger partial charge in [0.15, 0.2) is 11.4 Å². The van der Waals surface area contributed by atoms with Crippen LogP contribution in [0.2, 0.25) is 5.02 Å². The van der Waals surface area contributed by atoms with Gasteiger partial charge in [-0.15, -0.1) is 5.10 Å². The van der Waals surface area contributed by atoms with E-state index in [4.69, 9.17) is 16.0 Å². The molecule has 0 unspecified atom stereocenters. The van der Waals surface area contributed by atoms with Crippen LogP contribution in [0.3, 0.4) is 0 Å². The number of aromatic amines is 1. The monoisotopic (exact) mass is 339 g/mol. The largest absolute Gasteiger partial charge is 0.440 e. The quantitative estimate of drug-likeness (QED) is 0.767. The molecule has 3 aromatic rings. The van der Waals surface area contributed by atoms with Gasteiger partial charge in [-0.2, -0.15) is 15.6 Å². The maximum Gasteiger partial charge on any atom is 0.226 e. The van der Waals surface area contributed by atoms with E-state index < -0.39 is 0 Å². The SMILES string of the molecule is N#Cc1n[nH]nc1-c1nc(-c2cccc(Cl)c2)oc1C1CCCC1. The van der Waals surface area contributed by atoms with Crippen molar-refractivity contribution in [3.8, 4) is 28.9 Å². The number of rotatable bonds is 3. The minimum absolute atomic E-state index is 0.222. The number of nitrogens with zero attached hydrogens (tertiary/aromatic N) is 4. The summed E-state index contributed by atoms with van der Waals surface area (Å²) in [6, 6.07) is 9.41. The molecular weight excluding hydrogens is 326 g/mol. The second-order valence-electron chi connectivity index (χ2n) is 5.86. The molecule has 1 saturated carbocycles. The molecule has 0 aliphatic heterocycles. The van der Waals surface area contributed by atoms with E-state index in [-0.39, 0.29) is 5.69 Å². The van der Waals surface area contributed by atoms with Gasteiger partial charge in [-0.05, 0) is 31.0 Å². The number of halogens is 1. The van der Waals surface area contributed by atoms with Crippen LogP contribution in [0.15, 0.2) is 28.7 Å². The van der Waals surface area contributed by atoms with Gasteiger partial charge in [-0.25, -0.2) is 4.98 Å². The maximum absolute atomic E-state index is 9.24. The summed E-state index contributed by atoms with van der Waals surface area (Å²) in [6.45, 7) is 0. The zero-order chi connectivity index (χ0) is 16.5. The Labute approximate surface area is 143 Å². The first-order chi connectivity index (χ1) is 11.8. The van der Waals surface area contributed by atoms with Crippen LogP contribution in [0.25, 0.3) is 22.8 Å². The zero-order valence-corrected chi connectivity index (χ0v) is 13.5. The van der Waals surface area contributed by atoms with Gasteiger partial charge in [0.05, 0.1) is 0 Å². The molecule has 0 amide bonds. The van der Waals surface area contributed by atoms with Gasteiger partial charge >= 0.3 is 0 Å². The molecule has 1 N–H and O–H groups in total. The molecule has 2 heterocycles. The summed E-state index contributed by atoms with van der Waals surface area (Å²) >= 11 is 6.08. The summed E-state index contributed by atoms with van der Waals surface area (Å²) in [5.74, 6) is 1.57. The number of hydrogen-bond acceptors (Lipinski definition) is 5. The number of nitrogens with one attached hydrogen (secondary N) is 1. The summed E-state index contributed by atoms with van der Waals surface area (Å²) in [5, 5.41) is 20.3. The van der Waals surface area contributed by atoms with E-state index in [0.717, 1.165) is 24.2 Å². The minimum Gasteiger partial charge on any atom is -0.440 e. The summed E-state index contributed by atoms with van der Waals surface area (Å²) in [4.78, 5) is 4.62. The van der Waals surface area contributed by atoms with Gasteiger partial charge in [0.2, 0.25) is 5.89 Å². The lowest BCUT2D eigenvalue weighted by molar-refractivity contribution is 0.473. The average molecular weight is 340 g/mol. The summed E-state index contributed by atoms with van der Waals surface area (Å²) in [5.41, 5.74) is 2.06. The van der Waals surface area contributed by atoms with Crippen molar-refractivity contribution in [1.29, 1.82) is 5.26 Å². The van der Waals surface area contributed by atoms with Crippen LogP contribution in [0.5, 0.6) is 0 Å².